The average molecular weight is 278 g/mol. The minimum atomic E-state index is 0.0739. The molecule has 3 rings (SSSR count). The van der Waals surface area contributed by atoms with Crippen molar-refractivity contribution in [3.05, 3.63) is 66.2 Å². The Labute approximate surface area is 124 Å². The number of fused-ring (bicyclic) bond motifs is 1. The quantitative estimate of drug-likeness (QED) is 0.664. The Kier molecular flexibility index (Phi) is 3.82. The van der Waals surface area contributed by atoms with Crippen LogP contribution in [0.1, 0.15) is 29.5 Å². The van der Waals surface area contributed by atoms with E-state index in [2.05, 4.69) is 30.1 Å². The van der Waals surface area contributed by atoms with Crippen LogP contribution in [0.5, 0.6) is 0 Å². The summed E-state index contributed by atoms with van der Waals surface area (Å²) in [7, 11) is 0. The largest absolute Gasteiger partial charge is 0.329 e. The Morgan fingerprint density at radius 1 is 1.14 bits per heavy atom. The van der Waals surface area contributed by atoms with Gasteiger partial charge < -0.3 is 4.57 Å². The van der Waals surface area contributed by atoms with Gasteiger partial charge in [0.15, 0.2) is 5.82 Å². The Balaban J connectivity index is 1.91. The van der Waals surface area contributed by atoms with E-state index < -0.39 is 0 Å². The maximum atomic E-state index is 12.5. The van der Waals surface area contributed by atoms with Gasteiger partial charge in [-0.3, -0.25) is 4.79 Å². The maximum Gasteiger partial charge on any atom is 0.202 e. The van der Waals surface area contributed by atoms with Gasteiger partial charge in [0.2, 0.25) is 5.78 Å². The predicted octanol–water partition coefficient (Wildman–Crippen LogP) is 3.87. The minimum absolute atomic E-state index is 0.0739. The number of ketones is 1. The molecule has 0 saturated heterocycles. The molecule has 0 bridgehead atoms. The lowest BCUT2D eigenvalue weighted by atomic mass is 10.0. The zero-order chi connectivity index (χ0) is 14.7. The molecular weight excluding hydrogens is 260 g/mol. The molecule has 0 aliphatic rings. The van der Waals surface area contributed by atoms with Gasteiger partial charge in [-0.2, -0.15) is 0 Å². The van der Waals surface area contributed by atoms with Gasteiger partial charge >= 0.3 is 0 Å². The molecule has 0 N–H and O–H groups in total. The van der Waals surface area contributed by atoms with Crippen molar-refractivity contribution in [3.8, 4) is 0 Å². The number of nitrogens with zero attached hydrogens (tertiary/aromatic N) is 2. The molecule has 0 aliphatic carbocycles. The number of aromatic nitrogens is 2. The van der Waals surface area contributed by atoms with E-state index in [0.717, 1.165) is 23.9 Å². The summed E-state index contributed by atoms with van der Waals surface area (Å²) in [6, 6.07) is 14.3. The van der Waals surface area contributed by atoms with E-state index in [1.807, 2.05) is 35.0 Å². The Hall–Kier alpha value is -2.42. The third-order valence-electron chi connectivity index (χ3n) is 3.66. The first-order valence-corrected chi connectivity index (χ1v) is 7.30. The molecule has 3 nitrogen and oxygen atoms in total. The van der Waals surface area contributed by atoms with Crippen LogP contribution in [0.4, 0.5) is 0 Å². The molecule has 3 aromatic rings. The first-order valence-electron chi connectivity index (χ1n) is 7.30. The second kappa shape index (κ2) is 5.92. The van der Waals surface area contributed by atoms with Crippen LogP contribution in [0.15, 0.2) is 54.9 Å². The van der Waals surface area contributed by atoms with Crippen LogP contribution in [0.25, 0.3) is 10.8 Å². The van der Waals surface area contributed by atoms with Crippen LogP contribution in [0.2, 0.25) is 0 Å². The summed E-state index contributed by atoms with van der Waals surface area (Å²) >= 11 is 0. The van der Waals surface area contributed by atoms with Crippen molar-refractivity contribution in [2.24, 2.45) is 0 Å². The average Bonchev–Trinajstić information content (AvgIpc) is 2.96. The Bertz CT molecular complexity index is 768. The van der Waals surface area contributed by atoms with E-state index >= 15 is 0 Å². The van der Waals surface area contributed by atoms with E-state index in [1.165, 1.54) is 5.39 Å². The summed E-state index contributed by atoms with van der Waals surface area (Å²) in [5.74, 6) is 0.634. The van der Waals surface area contributed by atoms with Crippen LogP contribution in [0, 0.1) is 0 Å². The van der Waals surface area contributed by atoms with Gasteiger partial charge in [0.1, 0.15) is 0 Å². The summed E-state index contributed by atoms with van der Waals surface area (Å²) in [6.07, 6.45) is 4.96. The second-order valence-corrected chi connectivity index (χ2v) is 5.18. The lowest BCUT2D eigenvalue weighted by Crippen LogP contribution is -2.12. The number of hydrogen-bond donors (Lipinski definition) is 0. The number of hydrogen-bond acceptors (Lipinski definition) is 2. The van der Waals surface area contributed by atoms with Crippen molar-refractivity contribution in [3.63, 3.8) is 0 Å². The van der Waals surface area contributed by atoms with E-state index in [1.54, 1.807) is 6.20 Å². The highest BCUT2D eigenvalue weighted by Crippen LogP contribution is 2.20. The molecule has 21 heavy (non-hydrogen) atoms. The summed E-state index contributed by atoms with van der Waals surface area (Å²) < 4.78 is 1.94. The van der Waals surface area contributed by atoms with Crippen LogP contribution in [-0.4, -0.2) is 15.3 Å². The first-order chi connectivity index (χ1) is 10.3. The molecule has 0 atom stereocenters. The molecule has 0 radical (unpaired) electrons. The van der Waals surface area contributed by atoms with Crippen LogP contribution < -0.4 is 0 Å². The number of imidazole rings is 1. The summed E-state index contributed by atoms with van der Waals surface area (Å²) in [4.78, 5) is 16.8. The fourth-order valence-corrected chi connectivity index (χ4v) is 2.68. The van der Waals surface area contributed by atoms with Crippen molar-refractivity contribution in [2.75, 3.05) is 0 Å². The molecule has 106 valence electrons. The van der Waals surface area contributed by atoms with Crippen LogP contribution in [0.3, 0.4) is 0 Å². The third kappa shape index (κ3) is 2.72. The number of carbonyl (C=O) groups is 1. The topological polar surface area (TPSA) is 34.9 Å². The molecule has 2 aromatic carbocycles. The molecule has 1 heterocycles. The van der Waals surface area contributed by atoms with Crippen molar-refractivity contribution in [2.45, 2.75) is 26.3 Å². The number of benzene rings is 2. The molecular formula is C18H18N2O. The van der Waals surface area contributed by atoms with Gasteiger partial charge in [0, 0.05) is 25.4 Å². The first kappa shape index (κ1) is 13.6. The summed E-state index contributed by atoms with van der Waals surface area (Å²) in [5, 5.41) is 2.31. The molecule has 0 saturated carbocycles. The fraction of sp³-hybridized carbons (Fsp3) is 0.222. The minimum Gasteiger partial charge on any atom is -0.329 e. The molecule has 0 amide bonds. The number of carbonyl (C=O) groups excluding carboxylic acids is 1. The molecule has 1 aromatic heterocycles. The van der Waals surface area contributed by atoms with Gasteiger partial charge in [-0.05, 0) is 22.8 Å². The van der Waals surface area contributed by atoms with E-state index in [0.29, 0.717) is 12.2 Å². The molecule has 0 unspecified atom stereocenters. The van der Waals surface area contributed by atoms with Crippen molar-refractivity contribution >= 4 is 16.6 Å². The molecule has 0 aliphatic heterocycles. The van der Waals surface area contributed by atoms with E-state index in [9.17, 15) is 4.79 Å². The van der Waals surface area contributed by atoms with Gasteiger partial charge in [-0.15, -0.1) is 0 Å². The molecule has 0 fully saturated rings. The molecule has 3 heteroatoms. The van der Waals surface area contributed by atoms with Crippen LogP contribution in [-0.2, 0) is 13.0 Å². The second-order valence-electron chi connectivity index (χ2n) is 5.18. The molecule has 0 spiro atoms. The summed E-state index contributed by atoms with van der Waals surface area (Å²) in [5.41, 5.74) is 1.06. The highest BCUT2D eigenvalue weighted by Gasteiger charge is 2.14. The number of aryl methyl sites for hydroxylation is 1. The fourth-order valence-electron chi connectivity index (χ4n) is 2.68. The lowest BCUT2D eigenvalue weighted by molar-refractivity contribution is 0.0979. The Morgan fingerprint density at radius 3 is 2.81 bits per heavy atom. The Morgan fingerprint density at radius 2 is 1.95 bits per heavy atom. The lowest BCUT2D eigenvalue weighted by Gasteiger charge is -2.07. The highest BCUT2D eigenvalue weighted by molar-refractivity contribution is 5.97. The predicted molar refractivity (Wildman–Crippen MR) is 84.5 cm³/mol. The monoisotopic (exact) mass is 278 g/mol. The van der Waals surface area contributed by atoms with Crippen LogP contribution >= 0.6 is 0 Å². The standard InChI is InChI=1S/C18H18N2O/c1-2-11-20-12-10-19-18(20)17(21)13-15-8-5-7-14-6-3-4-9-16(14)15/h3-10,12H,2,11,13H2,1H3. The zero-order valence-corrected chi connectivity index (χ0v) is 12.1. The smallest absolute Gasteiger partial charge is 0.202 e. The van der Waals surface area contributed by atoms with Gasteiger partial charge in [-0.25, -0.2) is 4.98 Å². The van der Waals surface area contributed by atoms with Crippen molar-refractivity contribution in [1.82, 2.24) is 9.55 Å². The van der Waals surface area contributed by atoms with Gasteiger partial charge in [0.25, 0.3) is 0 Å². The van der Waals surface area contributed by atoms with Gasteiger partial charge in [0.05, 0.1) is 0 Å². The van der Waals surface area contributed by atoms with Crippen molar-refractivity contribution < 1.29 is 4.79 Å². The number of Topliss-reactive ketones (excluding diaryl/α,β-unsaturated/α-hetero) is 1. The number of rotatable bonds is 5. The summed E-state index contributed by atoms with van der Waals surface area (Å²) in [6.45, 7) is 2.93. The zero-order valence-electron chi connectivity index (χ0n) is 12.1. The third-order valence-corrected chi connectivity index (χ3v) is 3.66. The van der Waals surface area contributed by atoms with E-state index in [4.69, 9.17) is 0 Å². The van der Waals surface area contributed by atoms with E-state index in [-0.39, 0.29) is 5.78 Å². The van der Waals surface area contributed by atoms with Crippen molar-refractivity contribution in [1.29, 1.82) is 0 Å². The highest BCUT2D eigenvalue weighted by atomic mass is 16.1. The SMILES string of the molecule is CCCn1ccnc1C(=O)Cc1cccc2ccccc12. The maximum absolute atomic E-state index is 12.5. The normalized spacial score (nSPS) is 10.9. The van der Waals surface area contributed by atoms with Gasteiger partial charge in [-0.1, -0.05) is 49.4 Å².